The quantitative estimate of drug-likeness (QED) is 0.0321. The molecular weight excluding hydrogens is 839 g/mol. The van der Waals surface area contributed by atoms with Crippen molar-refractivity contribution >= 4 is 11.9 Å². The summed E-state index contributed by atoms with van der Waals surface area (Å²) in [7, 11) is 0. The Labute approximate surface area is 424 Å². The standard InChI is InChI=1S/C62H117NO5/c1-3-5-7-9-11-13-15-17-18-19-20-21-22-23-24-25-26-27-28-31-34-38-42-46-50-54-60(65)59(58-64)63-61(66)55-51-47-43-39-35-32-29-33-37-41-45-49-53-57-68-62(67)56-52-48-44-40-36-30-16-14-12-10-8-6-4-2/h14,16,32,35,50,54,59-60,64-65H,3-13,15,17-31,33-34,36-49,51-53,55-58H2,1-2H3,(H,63,66)/b16-14-,35-32-,54-50+. The molecule has 6 heteroatoms. The number of ether oxygens (including phenoxy) is 1. The Balaban J connectivity index is 3.52. The molecule has 68 heavy (non-hydrogen) atoms. The Kier molecular flexibility index (Phi) is 56.0. The highest BCUT2D eigenvalue weighted by Crippen LogP contribution is 2.17. The van der Waals surface area contributed by atoms with E-state index in [9.17, 15) is 19.8 Å². The van der Waals surface area contributed by atoms with E-state index in [2.05, 4.69) is 43.5 Å². The molecule has 0 fully saturated rings. The van der Waals surface area contributed by atoms with Gasteiger partial charge in [0.2, 0.25) is 5.91 Å². The molecule has 0 aliphatic carbocycles. The monoisotopic (exact) mass is 956 g/mol. The number of esters is 1. The number of hydrogen-bond donors (Lipinski definition) is 3. The topological polar surface area (TPSA) is 95.9 Å². The second-order valence-corrected chi connectivity index (χ2v) is 20.7. The number of unbranched alkanes of at least 4 members (excludes halogenated alkanes) is 41. The maximum Gasteiger partial charge on any atom is 0.305 e. The minimum atomic E-state index is -0.864. The van der Waals surface area contributed by atoms with Crippen molar-refractivity contribution in [3.05, 3.63) is 36.5 Å². The van der Waals surface area contributed by atoms with E-state index >= 15 is 0 Å². The summed E-state index contributed by atoms with van der Waals surface area (Å²) < 4.78 is 5.45. The van der Waals surface area contributed by atoms with Gasteiger partial charge < -0.3 is 20.3 Å². The fraction of sp³-hybridized carbons (Fsp3) is 0.871. The van der Waals surface area contributed by atoms with E-state index in [0.717, 1.165) is 70.6 Å². The Morgan fingerprint density at radius 1 is 0.397 bits per heavy atom. The van der Waals surface area contributed by atoms with Crippen LogP contribution >= 0.6 is 0 Å². The molecule has 0 saturated carbocycles. The van der Waals surface area contributed by atoms with Crippen LogP contribution < -0.4 is 5.32 Å². The zero-order valence-corrected chi connectivity index (χ0v) is 45.6. The second-order valence-electron chi connectivity index (χ2n) is 20.7. The molecule has 0 radical (unpaired) electrons. The number of rotatable bonds is 56. The van der Waals surface area contributed by atoms with Crippen LogP contribution in [-0.4, -0.2) is 47.4 Å². The molecule has 0 bridgehead atoms. The maximum atomic E-state index is 12.5. The fourth-order valence-corrected chi connectivity index (χ4v) is 9.21. The smallest absolute Gasteiger partial charge is 0.305 e. The summed E-state index contributed by atoms with van der Waals surface area (Å²) in [6.45, 7) is 4.86. The SMILES string of the molecule is CCCCCC/C=C\CCCCCCCC(=O)OCCCCCCCC/C=C\CCCCCC(=O)NC(CO)C(O)/C=C/CCCCCCCCCCCCCCCCCCCCCCCCC. The van der Waals surface area contributed by atoms with Gasteiger partial charge in [-0.25, -0.2) is 0 Å². The first-order valence-electron chi connectivity index (χ1n) is 30.3. The highest BCUT2D eigenvalue weighted by atomic mass is 16.5. The summed E-state index contributed by atoms with van der Waals surface area (Å²) in [6.07, 6.45) is 71.8. The van der Waals surface area contributed by atoms with Crippen LogP contribution in [0.5, 0.6) is 0 Å². The zero-order chi connectivity index (χ0) is 49.3. The average molecular weight is 957 g/mol. The van der Waals surface area contributed by atoms with E-state index in [0.29, 0.717) is 19.4 Å². The van der Waals surface area contributed by atoms with Gasteiger partial charge in [0, 0.05) is 12.8 Å². The first-order chi connectivity index (χ1) is 33.5. The van der Waals surface area contributed by atoms with Gasteiger partial charge in [-0.1, -0.05) is 262 Å². The van der Waals surface area contributed by atoms with E-state index in [1.54, 1.807) is 6.08 Å². The molecule has 2 atom stereocenters. The molecule has 6 nitrogen and oxygen atoms in total. The zero-order valence-electron chi connectivity index (χ0n) is 45.6. The minimum Gasteiger partial charge on any atom is -0.466 e. The summed E-state index contributed by atoms with van der Waals surface area (Å²) in [6, 6.07) is -0.650. The van der Waals surface area contributed by atoms with E-state index in [1.165, 1.54) is 225 Å². The van der Waals surface area contributed by atoms with Crippen LogP contribution in [0.25, 0.3) is 0 Å². The first-order valence-corrected chi connectivity index (χ1v) is 30.3. The second kappa shape index (κ2) is 57.7. The average Bonchev–Trinajstić information content (AvgIpc) is 3.34. The molecule has 2 unspecified atom stereocenters. The molecule has 3 N–H and O–H groups in total. The lowest BCUT2D eigenvalue weighted by Crippen LogP contribution is -2.45. The highest BCUT2D eigenvalue weighted by molar-refractivity contribution is 5.76. The van der Waals surface area contributed by atoms with Crippen molar-refractivity contribution in [1.29, 1.82) is 0 Å². The molecule has 0 aliphatic rings. The Morgan fingerprint density at radius 2 is 0.691 bits per heavy atom. The Hall–Kier alpha value is -1.92. The van der Waals surface area contributed by atoms with Gasteiger partial charge >= 0.3 is 5.97 Å². The number of carbonyl (C=O) groups excluding carboxylic acids is 2. The number of aliphatic hydroxyl groups is 2. The largest absolute Gasteiger partial charge is 0.466 e. The lowest BCUT2D eigenvalue weighted by Gasteiger charge is -2.19. The normalized spacial score (nSPS) is 12.8. The van der Waals surface area contributed by atoms with E-state index in [1.807, 2.05) is 6.08 Å². The third kappa shape index (κ3) is 53.4. The van der Waals surface area contributed by atoms with Gasteiger partial charge in [-0.3, -0.25) is 9.59 Å². The van der Waals surface area contributed by atoms with Crippen LogP contribution in [0.15, 0.2) is 36.5 Å². The van der Waals surface area contributed by atoms with Crippen molar-refractivity contribution in [3.63, 3.8) is 0 Å². The van der Waals surface area contributed by atoms with Gasteiger partial charge in [-0.15, -0.1) is 0 Å². The van der Waals surface area contributed by atoms with Crippen LogP contribution in [0.4, 0.5) is 0 Å². The van der Waals surface area contributed by atoms with Crippen molar-refractivity contribution < 1.29 is 24.5 Å². The van der Waals surface area contributed by atoms with Crippen molar-refractivity contribution in [2.75, 3.05) is 13.2 Å². The maximum absolute atomic E-state index is 12.5. The van der Waals surface area contributed by atoms with Crippen LogP contribution in [0.2, 0.25) is 0 Å². The molecule has 0 aromatic rings. The molecule has 0 saturated heterocycles. The number of amides is 1. The van der Waals surface area contributed by atoms with Gasteiger partial charge in [0.1, 0.15) is 0 Å². The molecule has 1 amide bonds. The molecule has 0 spiro atoms. The van der Waals surface area contributed by atoms with Crippen LogP contribution in [0, 0.1) is 0 Å². The first kappa shape index (κ1) is 66.1. The van der Waals surface area contributed by atoms with Crippen molar-refractivity contribution in [2.24, 2.45) is 0 Å². The summed E-state index contributed by atoms with van der Waals surface area (Å²) >= 11 is 0. The van der Waals surface area contributed by atoms with Crippen molar-refractivity contribution in [3.8, 4) is 0 Å². The molecule has 0 aromatic carbocycles. The molecule has 0 aromatic heterocycles. The number of aliphatic hydroxyl groups excluding tert-OH is 2. The summed E-state index contributed by atoms with van der Waals surface area (Å²) in [4.78, 5) is 24.5. The van der Waals surface area contributed by atoms with E-state index in [4.69, 9.17) is 4.74 Å². The van der Waals surface area contributed by atoms with Gasteiger partial charge in [0.25, 0.3) is 0 Å². The van der Waals surface area contributed by atoms with Crippen LogP contribution in [-0.2, 0) is 14.3 Å². The van der Waals surface area contributed by atoms with Crippen molar-refractivity contribution in [1.82, 2.24) is 5.32 Å². The van der Waals surface area contributed by atoms with Gasteiger partial charge in [0.15, 0.2) is 0 Å². The summed E-state index contributed by atoms with van der Waals surface area (Å²) in [5, 5.41) is 23.2. The number of nitrogens with one attached hydrogen (secondary N) is 1. The Morgan fingerprint density at radius 3 is 1.07 bits per heavy atom. The van der Waals surface area contributed by atoms with Gasteiger partial charge in [-0.2, -0.15) is 0 Å². The van der Waals surface area contributed by atoms with Crippen LogP contribution in [0.1, 0.15) is 322 Å². The molecule has 400 valence electrons. The number of allylic oxidation sites excluding steroid dienone is 5. The van der Waals surface area contributed by atoms with Crippen molar-refractivity contribution in [2.45, 2.75) is 334 Å². The third-order valence-electron chi connectivity index (χ3n) is 13.9. The lowest BCUT2D eigenvalue weighted by atomic mass is 10.0. The van der Waals surface area contributed by atoms with Gasteiger partial charge in [-0.05, 0) is 83.5 Å². The predicted molar refractivity (Wildman–Crippen MR) is 296 cm³/mol. The minimum absolute atomic E-state index is 0.0229. The summed E-state index contributed by atoms with van der Waals surface area (Å²) in [5.74, 6) is -0.119. The van der Waals surface area contributed by atoms with E-state index in [-0.39, 0.29) is 18.5 Å². The van der Waals surface area contributed by atoms with E-state index < -0.39 is 12.1 Å². The molecule has 0 heterocycles. The van der Waals surface area contributed by atoms with Gasteiger partial charge in [0.05, 0.1) is 25.4 Å². The predicted octanol–water partition coefficient (Wildman–Crippen LogP) is 18.8. The molecule has 0 rings (SSSR count). The van der Waals surface area contributed by atoms with Crippen LogP contribution in [0.3, 0.4) is 0 Å². The summed E-state index contributed by atoms with van der Waals surface area (Å²) in [5.41, 5.74) is 0. The lowest BCUT2D eigenvalue weighted by molar-refractivity contribution is -0.143. The highest BCUT2D eigenvalue weighted by Gasteiger charge is 2.18. The third-order valence-corrected chi connectivity index (χ3v) is 13.9. The fourth-order valence-electron chi connectivity index (χ4n) is 9.21. The molecule has 0 aliphatic heterocycles. The number of hydrogen-bond acceptors (Lipinski definition) is 5. The number of carbonyl (C=O) groups is 2. The molecular formula is C62H117NO5. The Bertz CT molecular complexity index is 1100.